The zero-order chi connectivity index (χ0) is 17.1. The number of hydrogen-bond acceptors (Lipinski definition) is 4. The lowest BCUT2D eigenvalue weighted by atomic mass is 9.94. The van der Waals surface area contributed by atoms with Gasteiger partial charge in [0.2, 0.25) is 0 Å². The molecule has 2 aromatic carbocycles. The molecule has 1 heterocycles. The Balaban J connectivity index is 1.93. The molecular weight excluding hydrogens is 304 g/mol. The van der Waals surface area contributed by atoms with Crippen LogP contribution in [0.25, 0.3) is 6.08 Å². The Labute approximate surface area is 141 Å². The van der Waals surface area contributed by atoms with Crippen LogP contribution in [0.4, 0.5) is 0 Å². The molecule has 0 saturated carbocycles. The van der Waals surface area contributed by atoms with E-state index >= 15 is 0 Å². The van der Waals surface area contributed by atoms with Gasteiger partial charge < -0.3 is 14.2 Å². The second-order valence-corrected chi connectivity index (χ2v) is 5.69. The maximum Gasteiger partial charge on any atom is 0.342 e. The molecule has 1 atom stereocenters. The van der Waals surface area contributed by atoms with E-state index in [1.165, 1.54) is 0 Å². The van der Waals surface area contributed by atoms with Gasteiger partial charge in [-0.2, -0.15) is 0 Å². The number of fused-ring (bicyclic) bond motifs is 1. The Morgan fingerprint density at radius 2 is 1.92 bits per heavy atom. The van der Waals surface area contributed by atoms with Crippen molar-refractivity contribution < 1.29 is 19.0 Å². The third-order valence-electron chi connectivity index (χ3n) is 4.17. The summed E-state index contributed by atoms with van der Waals surface area (Å²) in [5.41, 5.74) is 3.25. The summed E-state index contributed by atoms with van der Waals surface area (Å²) in [6, 6.07) is 11.8. The van der Waals surface area contributed by atoms with E-state index in [1.807, 2.05) is 55.5 Å². The molecule has 3 rings (SSSR count). The third-order valence-corrected chi connectivity index (χ3v) is 4.17. The van der Waals surface area contributed by atoms with Crippen LogP contribution in [0.5, 0.6) is 11.5 Å². The first-order valence-electron chi connectivity index (χ1n) is 7.82. The quantitative estimate of drug-likeness (QED) is 0.802. The summed E-state index contributed by atoms with van der Waals surface area (Å²) < 4.78 is 16.4. The molecule has 24 heavy (non-hydrogen) atoms. The average Bonchev–Trinajstić information content (AvgIpc) is 2.61. The maximum atomic E-state index is 12.5. The number of carbonyl (C=O) groups excluding carboxylic acids is 1. The summed E-state index contributed by atoms with van der Waals surface area (Å²) in [5.74, 6) is 0.882. The first-order chi connectivity index (χ1) is 11.6. The maximum absolute atomic E-state index is 12.5. The molecule has 0 spiro atoms. The van der Waals surface area contributed by atoms with Crippen LogP contribution in [0, 0.1) is 6.92 Å². The fraction of sp³-hybridized carbons (Fsp3) is 0.250. The van der Waals surface area contributed by atoms with Gasteiger partial charge in [0.1, 0.15) is 23.2 Å². The van der Waals surface area contributed by atoms with Crippen molar-refractivity contribution in [1.82, 2.24) is 0 Å². The van der Waals surface area contributed by atoms with Crippen molar-refractivity contribution in [2.24, 2.45) is 0 Å². The molecule has 0 aliphatic carbocycles. The Bertz CT molecular complexity index is 778. The standard InChI is InChI=1S/C20H20O4/c1-13-17(22-2)12-15-11-16(10-9-14-7-5-4-6-8-14)24-20(21)18(15)19(13)23-3/h4-10,12,16H,11H2,1-3H3/b10-9+. The van der Waals surface area contributed by atoms with Gasteiger partial charge >= 0.3 is 5.97 Å². The highest BCUT2D eigenvalue weighted by atomic mass is 16.5. The highest BCUT2D eigenvalue weighted by Gasteiger charge is 2.30. The van der Waals surface area contributed by atoms with E-state index < -0.39 is 0 Å². The van der Waals surface area contributed by atoms with Gasteiger partial charge in [0, 0.05) is 12.0 Å². The van der Waals surface area contributed by atoms with Gasteiger partial charge in [-0.15, -0.1) is 0 Å². The van der Waals surface area contributed by atoms with Crippen molar-refractivity contribution in [2.45, 2.75) is 19.4 Å². The average molecular weight is 324 g/mol. The largest absolute Gasteiger partial charge is 0.496 e. The van der Waals surface area contributed by atoms with Crippen molar-refractivity contribution in [3.8, 4) is 11.5 Å². The SMILES string of the molecule is COc1cc2c(c(OC)c1C)C(=O)OC(/C=C/c1ccccc1)C2. The number of methoxy groups -OCH3 is 2. The zero-order valence-electron chi connectivity index (χ0n) is 14.0. The van der Waals surface area contributed by atoms with Crippen LogP contribution in [0.1, 0.15) is 27.0 Å². The van der Waals surface area contributed by atoms with Crippen molar-refractivity contribution in [1.29, 1.82) is 0 Å². The zero-order valence-corrected chi connectivity index (χ0v) is 14.0. The molecule has 1 aliphatic rings. The molecule has 4 nitrogen and oxygen atoms in total. The molecule has 0 N–H and O–H groups in total. The molecule has 0 fully saturated rings. The Morgan fingerprint density at radius 1 is 1.17 bits per heavy atom. The van der Waals surface area contributed by atoms with Gasteiger partial charge in [0.25, 0.3) is 0 Å². The summed E-state index contributed by atoms with van der Waals surface area (Å²) in [4.78, 5) is 12.5. The van der Waals surface area contributed by atoms with Gasteiger partial charge in [0.15, 0.2) is 0 Å². The molecule has 4 heteroatoms. The molecule has 0 aromatic heterocycles. The van der Waals surface area contributed by atoms with Gasteiger partial charge in [-0.05, 0) is 30.2 Å². The van der Waals surface area contributed by atoms with Crippen LogP contribution in [0.2, 0.25) is 0 Å². The molecule has 2 aromatic rings. The van der Waals surface area contributed by atoms with Crippen LogP contribution < -0.4 is 9.47 Å². The van der Waals surface area contributed by atoms with E-state index in [1.54, 1.807) is 14.2 Å². The van der Waals surface area contributed by atoms with Gasteiger partial charge in [0.05, 0.1) is 14.2 Å². The second-order valence-electron chi connectivity index (χ2n) is 5.69. The molecular formula is C20H20O4. The van der Waals surface area contributed by atoms with E-state index in [9.17, 15) is 4.79 Å². The van der Waals surface area contributed by atoms with Crippen molar-refractivity contribution in [3.05, 3.63) is 64.7 Å². The predicted octanol–water partition coefficient (Wildman–Crippen LogP) is 3.81. The van der Waals surface area contributed by atoms with Gasteiger partial charge in [-0.25, -0.2) is 4.79 Å². The molecule has 0 amide bonds. The van der Waals surface area contributed by atoms with Crippen LogP contribution in [0.15, 0.2) is 42.5 Å². The lowest BCUT2D eigenvalue weighted by Gasteiger charge is -2.25. The fourth-order valence-electron chi connectivity index (χ4n) is 2.98. The van der Waals surface area contributed by atoms with Crippen molar-refractivity contribution >= 4 is 12.0 Å². The minimum atomic E-state index is -0.360. The molecule has 1 unspecified atom stereocenters. The van der Waals surface area contributed by atoms with Crippen molar-refractivity contribution in [2.75, 3.05) is 14.2 Å². The number of carbonyl (C=O) groups is 1. The van der Waals surface area contributed by atoms with Crippen LogP contribution >= 0.6 is 0 Å². The predicted molar refractivity (Wildman–Crippen MR) is 92.7 cm³/mol. The normalized spacial score (nSPS) is 16.6. The highest BCUT2D eigenvalue weighted by Crippen LogP contribution is 2.38. The second kappa shape index (κ2) is 6.79. The minimum Gasteiger partial charge on any atom is -0.496 e. The van der Waals surface area contributed by atoms with Crippen LogP contribution in [0.3, 0.4) is 0 Å². The minimum absolute atomic E-state index is 0.303. The first-order valence-corrected chi connectivity index (χ1v) is 7.82. The number of rotatable bonds is 4. The van der Waals surface area contributed by atoms with E-state index in [4.69, 9.17) is 14.2 Å². The highest BCUT2D eigenvalue weighted by molar-refractivity contribution is 5.96. The smallest absolute Gasteiger partial charge is 0.342 e. The number of esters is 1. The lowest BCUT2D eigenvalue weighted by Crippen LogP contribution is -2.27. The summed E-state index contributed by atoms with van der Waals surface area (Å²) in [6.07, 6.45) is 4.17. The lowest BCUT2D eigenvalue weighted by molar-refractivity contribution is 0.0354. The Morgan fingerprint density at radius 3 is 2.58 bits per heavy atom. The monoisotopic (exact) mass is 324 g/mol. The van der Waals surface area contributed by atoms with E-state index in [2.05, 4.69) is 0 Å². The Hall–Kier alpha value is -2.75. The summed E-state index contributed by atoms with van der Waals surface area (Å²) in [5, 5.41) is 0. The number of cyclic esters (lactones) is 1. The first kappa shape index (κ1) is 16.1. The van der Waals surface area contributed by atoms with Crippen LogP contribution in [-0.2, 0) is 11.2 Å². The summed E-state index contributed by atoms with van der Waals surface area (Å²) in [7, 11) is 3.17. The fourth-order valence-corrected chi connectivity index (χ4v) is 2.98. The van der Waals surface area contributed by atoms with Gasteiger partial charge in [-0.3, -0.25) is 0 Å². The number of benzene rings is 2. The Kier molecular flexibility index (Phi) is 4.56. The van der Waals surface area contributed by atoms with E-state index in [0.717, 1.165) is 16.7 Å². The molecule has 0 bridgehead atoms. The molecule has 0 radical (unpaired) electrons. The van der Waals surface area contributed by atoms with E-state index in [-0.39, 0.29) is 12.1 Å². The summed E-state index contributed by atoms with van der Waals surface area (Å²) in [6.45, 7) is 1.87. The van der Waals surface area contributed by atoms with E-state index in [0.29, 0.717) is 23.5 Å². The molecule has 0 saturated heterocycles. The molecule has 1 aliphatic heterocycles. The molecule has 124 valence electrons. The summed E-state index contributed by atoms with van der Waals surface area (Å²) >= 11 is 0. The number of hydrogen-bond donors (Lipinski definition) is 0. The topological polar surface area (TPSA) is 44.8 Å². The van der Waals surface area contributed by atoms with Crippen molar-refractivity contribution in [3.63, 3.8) is 0 Å². The number of ether oxygens (including phenoxy) is 3. The third kappa shape index (κ3) is 3.00. The van der Waals surface area contributed by atoms with Crippen LogP contribution in [-0.4, -0.2) is 26.3 Å². The van der Waals surface area contributed by atoms with Gasteiger partial charge in [-0.1, -0.05) is 36.4 Å².